The van der Waals surface area contributed by atoms with Crippen molar-refractivity contribution < 1.29 is 14.3 Å². The monoisotopic (exact) mass is 355 g/mol. The van der Waals surface area contributed by atoms with E-state index in [4.69, 9.17) is 0 Å². The number of aliphatic hydroxyl groups excluding tert-OH is 1. The molecule has 0 spiro atoms. The molecule has 2 N–H and O–H groups in total. The lowest BCUT2D eigenvalue weighted by molar-refractivity contribution is -0.00597. The molecule has 0 saturated heterocycles. The molecule has 2 heterocycles. The number of benzene rings is 1. The third kappa shape index (κ3) is 2.88. The standard InChI is InChI=1S/C18H18FN5O2/c1-11-9-20-24(10-11)17-14(8-16(17)25)21-18(26)13-6-7-23(22-13)15-5-3-2-4-12(15)19/h2-7,9-10,14,16-17,25H,8H2,1H3,(H,21,26)/t14-,16+,17+/m0/s1. The van der Waals surface area contributed by atoms with Crippen molar-refractivity contribution in [3.05, 3.63) is 66.0 Å². The van der Waals surface area contributed by atoms with E-state index in [-0.39, 0.29) is 29.4 Å². The minimum atomic E-state index is -0.560. The molecule has 26 heavy (non-hydrogen) atoms. The van der Waals surface area contributed by atoms with Crippen LogP contribution in [-0.2, 0) is 0 Å². The van der Waals surface area contributed by atoms with Gasteiger partial charge in [0, 0.05) is 12.4 Å². The van der Waals surface area contributed by atoms with Gasteiger partial charge in [-0.05, 0) is 37.1 Å². The largest absolute Gasteiger partial charge is 0.391 e. The maximum atomic E-state index is 13.8. The molecule has 0 aliphatic heterocycles. The van der Waals surface area contributed by atoms with Gasteiger partial charge in [0.25, 0.3) is 5.91 Å². The van der Waals surface area contributed by atoms with Crippen LogP contribution in [0.4, 0.5) is 4.39 Å². The van der Waals surface area contributed by atoms with Gasteiger partial charge in [0.2, 0.25) is 0 Å². The average molecular weight is 355 g/mol. The second kappa shape index (κ2) is 6.38. The Morgan fingerprint density at radius 3 is 2.85 bits per heavy atom. The summed E-state index contributed by atoms with van der Waals surface area (Å²) in [5, 5.41) is 21.3. The van der Waals surface area contributed by atoms with Crippen LogP contribution in [0.25, 0.3) is 5.69 Å². The molecule has 0 unspecified atom stereocenters. The van der Waals surface area contributed by atoms with Gasteiger partial charge in [-0.25, -0.2) is 9.07 Å². The zero-order chi connectivity index (χ0) is 18.3. The number of halogens is 1. The van der Waals surface area contributed by atoms with E-state index in [0.29, 0.717) is 6.42 Å². The molecule has 1 aliphatic rings. The van der Waals surface area contributed by atoms with Crippen LogP contribution in [-0.4, -0.2) is 42.7 Å². The summed E-state index contributed by atoms with van der Waals surface area (Å²) in [6.07, 6.45) is 4.97. The number of nitrogens with one attached hydrogen (secondary N) is 1. The zero-order valence-corrected chi connectivity index (χ0v) is 14.1. The Kier molecular flexibility index (Phi) is 4.04. The molecule has 3 atom stereocenters. The van der Waals surface area contributed by atoms with Crippen molar-refractivity contribution in [2.24, 2.45) is 0 Å². The third-order valence-electron chi connectivity index (χ3n) is 4.58. The molecule has 3 aromatic rings. The summed E-state index contributed by atoms with van der Waals surface area (Å²) >= 11 is 0. The van der Waals surface area contributed by atoms with Gasteiger partial charge < -0.3 is 10.4 Å². The SMILES string of the molecule is Cc1cnn([C@H]2[C@H](O)C[C@@H]2NC(=O)c2ccn(-c3ccccc3F)n2)c1. The predicted molar refractivity (Wildman–Crippen MR) is 91.4 cm³/mol. The van der Waals surface area contributed by atoms with Crippen molar-refractivity contribution in [3.63, 3.8) is 0 Å². The van der Waals surface area contributed by atoms with Crippen molar-refractivity contribution in [1.82, 2.24) is 24.9 Å². The number of nitrogens with zero attached hydrogens (tertiary/aromatic N) is 4. The topological polar surface area (TPSA) is 85.0 Å². The molecule has 1 aliphatic carbocycles. The van der Waals surface area contributed by atoms with E-state index in [1.54, 1.807) is 29.1 Å². The highest BCUT2D eigenvalue weighted by molar-refractivity contribution is 5.92. The van der Waals surface area contributed by atoms with Crippen molar-refractivity contribution in [1.29, 1.82) is 0 Å². The van der Waals surface area contributed by atoms with E-state index < -0.39 is 11.9 Å². The Morgan fingerprint density at radius 1 is 1.35 bits per heavy atom. The summed E-state index contributed by atoms with van der Waals surface area (Å²) in [5.41, 5.74) is 1.44. The molecule has 1 fully saturated rings. The smallest absolute Gasteiger partial charge is 0.272 e. The second-order valence-electron chi connectivity index (χ2n) is 6.47. The zero-order valence-electron chi connectivity index (χ0n) is 14.1. The van der Waals surface area contributed by atoms with E-state index in [1.807, 2.05) is 13.1 Å². The molecule has 1 amide bonds. The van der Waals surface area contributed by atoms with Gasteiger partial charge in [-0.2, -0.15) is 10.2 Å². The summed E-state index contributed by atoms with van der Waals surface area (Å²) in [5.74, 6) is -0.787. The average Bonchev–Trinajstić information content (AvgIpc) is 3.24. The van der Waals surface area contributed by atoms with Crippen LogP contribution in [0.2, 0.25) is 0 Å². The molecule has 2 aromatic heterocycles. The number of aryl methyl sites for hydroxylation is 1. The maximum Gasteiger partial charge on any atom is 0.272 e. The summed E-state index contributed by atoms with van der Waals surface area (Å²) in [6.45, 7) is 1.91. The molecule has 134 valence electrons. The first-order valence-corrected chi connectivity index (χ1v) is 8.33. The summed E-state index contributed by atoms with van der Waals surface area (Å²) in [7, 11) is 0. The van der Waals surface area contributed by atoms with Gasteiger partial charge in [0.05, 0.1) is 24.4 Å². The van der Waals surface area contributed by atoms with Gasteiger partial charge in [0.1, 0.15) is 11.5 Å². The van der Waals surface area contributed by atoms with Crippen LogP contribution >= 0.6 is 0 Å². The molecule has 0 bridgehead atoms. The highest BCUT2D eigenvalue weighted by atomic mass is 19.1. The molecule has 8 heteroatoms. The molecule has 0 radical (unpaired) electrons. The van der Waals surface area contributed by atoms with E-state index in [2.05, 4.69) is 15.5 Å². The number of amides is 1. The normalized spacial score (nSPS) is 22.0. The lowest BCUT2D eigenvalue weighted by Crippen LogP contribution is -2.56. The van der Waals surface area contributed by atoms with Crippen molar-refractivity contribution in [2.75, 3.05) is 0 Å². The third-order valence-corrected chi connectivity index (χ3v) is 4.58. The van der Waals surface area contributed by atoms with Crippen LogP contribution in [0.15, 0.2) is 48.9 Å². The molecular weight excluding hydrogens is 337 g/mol. The summed E-state index contributed by atoms with van der Waals surface area (Å²) < 4.78 is 16.8. The minimum Gasteiger partial charge on any atom is -0.391 e. The van der Waals surface area contributed by atoms with Crippen LogP contribution in [0, 0.1) is 12.7 Å². The van der Waals surface area contributed by atoms with E-state index in [1.165, 1.54) is 23.0 Å². The molecule has 7 nitrogen and oxygen atoms in total. The van der Waals surface area contributed by atoms with Crippen LogP contribution in [0.5, 0.6) is 0 Å². The van der Waals surface area contributed by atoms with E-state index in [9.17, 15) is 14.3 Å². The lowest BCUT2D eigenvalue weighted by Gasteiger charge is -2.41. The number of hydrogen-bond acceptors (Lipinski definition) is 4. The minimum absolute atomic E-state index is 0.185. The Balaban J connectivity index is 1.48. The summed E-state index contributed by atoms with van der Waals surface area (Å²) in [6, 6.07) is 7.20. The van der Waals surface area contributed by atoms with Gasteiger partial charge in [-0.1, -0.05) is 12.1 Å². The molecule has 1 saturated carbocycles. The first-order chi connectivity index (χ1) is 12.5. The number of rotatable bonds is 4. The Bertz CT molecular complexity index is 950. The Hall–Kier alpha value is -3.00. The fourth-order valence-corrected chi connectivity index (χ4v) is 3.17. The number of carbonyl (C=O) groups excluding carboxylic acids is 1. The fraction of sp³-hybridized carbons (Fsp3) is 0.278. The Labute approximate surface area is 149 Å². The van der Waals surface area contributed by atoms with Gasteiger partial charge in [0.15, 0.2) is 5.69 Å². The van der Waals surface area contributed by atoms with Crippen molar-refractivity contribution in [3.8, 4) is 5.69 Å². The van der Waals surface area contributed by atoms with Crippen LogP contribution < -0.4 is 5.32 Å². The van der Waals surface area contributed by atoms with E-state index >= 15 is 0 Å². The first-order valence-electron chi connectivity index (χ1n) is 8.33. The van der Waals surface area contributed by atoms with Gasteiger partial charge >= 0.3 is 0 Å². The van der Waals surface area contributed by atoms with Gasteiger partial charge in [-0.15, -0.1) is 0 Å². The predicted octanol–water partition coefficient (Wildman–Crippen LogP) is 1.62. The van der Waals surface area contributed by atoms with Gasteiger partial charge in [-0.3, -0.25) is 9.48 Å². The summed E-state index contributed by atoms with van der Waals surface area (Å²) in [4.78, 5) is 12.5. The van der Waals surface area contributed by atoms with Crippen molar-refractivity contribution >= 4 is 5.91 Å². The quantitative estimate of drug-likeness (QED) is 0.745. The fourth-order valence-electron chi connectivity index (χ4n) is 3.17. The number of aromatic nitrogens is 4. The number of aliphatic hydroxyl groups is 1. The second-order valence-corrected chi connectivity index (χ2v) is 6.47. The molecular formula is C18H18FN5O2. The highest BCUT2D eigenvalue weighted by Crippen LogP contribution is 2.32. The number of para-hydroxylation sites is 1. The number of carbonyl (C=O) groups is 1. The van der Waals surface area contributed by atoms with Crippen LogP contribution in [0.1, 0.15) is 28.5 Å². The van der Waals surface area contributed by atoms with Crippen molar-refractivity contribution in [2.45, 2.75) is 31.5 Å². The molecule has 1 aromatic carbocycles. The highest BCUT2D eigenvalue weighted by Gasteiger charge is 2.43. The first kappa shape index (κ1) is 16.5. The lowest BCUT2D eigenvalue weighted by atomic mass is 9.83. The van der Waals surface area contributed by atoms with E-state index in [0.717, 1.165) is 5.56 Å². The Morgan fingerprint density at radius 2 is 2.15 bits per heavy atom. The molecule has 4 rings (SSSR count). The maximum absolute atomic E-state index is 13.8. The van der Waals surface area contributed by atoms with Crippen LogP contribution in [0.3, 0.4) is 0 Å². The number of hydrogen-bond donors (Lipinski definition) is 2.